The van der Waals surface area contributed by atoms with Crippen LogP contribution in [0.4, 0.5) is 0 Å². The first-order valence-electron chi connectivity index (χ1n) is 5.79. The number of allylic oxidation sites excluding steroid dienone is 1. The molecular weight excluding hydrogens is 283 g/mol. The summed E-state index contributed by atoms with van der Waals surface area (Å²) in [7, 11) is -1.27. The highest BCUT2D eigenvalue weighted by atomic mass is 31.2. The Morgan fingerprint density at radius 1 is 1.20 bits per heavy atom. The second-order valence-electron chi connectivity index (χ2n) is 3.75. The molecule has 0 saturated carbocycles. The minimum atomic E-state index is -3.65. The quantitative estimate of drug-likeness (QED) is 0.333. The Balaban J connectivity index is 2.52. The second-order valence-corrected chi connectivity index (χ2v) is 5.56. The van der Waals surface area contributed by atoms with Crippen LogP contribution in [-0.2, 0) is 34.3 Å². The van der Waals surface area contributed by atoms with Gasteiger partial charge in [-0.25, -0.2) is 9.36 Å². The number of rotatable bonds is 7. The Labute approximate surface area is 117 Å². The van der Waals surface area contributed by atoms with Crippen molar-refractivity contribution in [1.82, 2.24) is 0 Å². The molecule has 0 saturated heterocycles. The Morgan fingerprint density at radius 3 is 2.35 bits per heavy atom. The Hall–Kier alpha value is -1.62. The molecule has 0 aromatic heterocycles. The van der Waals surface area contributed by atoms with Gasteiger partial charge in [-0.3, -0.25) is 9.05 Å². The summed E-state index contributed by atoms with van der Waals surface area (Å²) >= 11 is 0. The predicted molar refractivity (Wildman–Crippen MR) is 72.7 cm³/mol. The van der Waals surface area contributed by atoms with Gasteiger partial charge in [-0.05, 0) is 12.5 Å². The summed E-state index contributed by atoms with van der Waals surface area (Å²) in [6.07, 6.45) is 1.08. The largest absolute Gasteiger partial charge is 0.529 e. The van der Waals surface area contributed by atoms with Gasteiger partial charge in [0.15, 0.2) is 0 Å². The maximum atomic E-state index is 11.7. The molecule has 0 amide bonds. The van der Waals surface area contributed by atoms with Crippen LogP contribution in [0.25, 0.3) is 0 Å². The first-order valence-corrected chi connectivity index (χ1v) is 7.25. The molecule has 0 N–H and O–H groups in total. The zero-order valence-corrected chi connectivity index (χ0v) is 12.5. The standard InChI is InChI=1S/C13H17O6P/c1-11(19-20(15,16-2)17-3)9-13(14)18-10-12-7-5-4-6-8-12/h4-9H,10H2,1-3H3. The molecule has 0 fully saturated rings. The Morgan fingerprint density at radius 2 is 1.80 bits per heavy atom. The van der Waals surface area contributed by atoms with Gasteiger partial charge in [0, 0.05) is 14.2 Å². The van der Waals surface area contributed by atoms with E-state index in [1.807, 2.05) is 30.3 Å². The van der Waals surface area contributed by atoms with E-state index in [-0.39, 0.29) is 12.4 Å². The van der Waals surface area contributed by atoms with Gasteiger partial charge in [-0.1, -0.05) is 30.3 Å². The van der Waals surface area contributed by atoms with Gasteiger partial charge in [-0.15, -0.1) is 0 Å². The van der Waals surface area contributed by atoms with Gasteiger partial charge < -0.3 is 9.26 Å². The van der Waals surface area contributed by atoms with E-state index in [0.29, 0.717) is 0 Å². The Bertz CT molecular complexity index is 503. The lowest BCUT2D eigenvalue weighted by molar-refractivity contribution is -0.139. The molecule has 0 heterocycles. The first kappa shape index (κ1) is 16.4. The van der Waals surface area contributed by atoms with Crippen molar-refractivity contribution in [3.05, 3.63) is 47.7 Å². The third-order valence-electron chi connectivity index (χ3n) is 2.25. The van der Waals surface area contributed by atoms with Crippen LogP contribution in [0.15, 0.2) is 42.2 Å². The summed E-state index contributed by atoms with van der Waals surface area (Å²) in [5, 5.41) is 0. The average molecular weight is 300 g/mol. The van der Waals surface area contributed by atoms with E-state index >= 15 is 0 Å². The number of benzene rings is 1. The molecule has 0 aliphatic carbocycles. The average Bonchev–Trinajstić information content (AvgIpc) is 2.46. The highest BCUT2D eigenvalue weighted by molar-refractivity contribution is 7.48. The van der Waals surface area contributed by atoms with Crippen molar-refractivity contribution in [2.45, 2.75) is 13.5 Å². The van der Waals surface area contributed by atoms with Gasteiger partial charge >= 0.3 is 13.8 Å². The molecule has 7 heteroatoms. The van der Waals surface area contributed by atoms with Crippen LogP contribution in [0.1, 0.15) is 12.5 Å². The summed E-state index contributed by atoms with van der Waals surface area (Å²) in [4.78, 5) is 11.5. The van der Waals surface area contributed by atoms with Crippen molar-refractivity contribution < 1.29 is 27.7 Å². The summed E-state index contributed by atoms with van der Waals surface area (Å²) in [5.41, 5.74) is 0.868. The van der Waals surface area contributed by atoms with Gasteiger partial charge in [0.2, 0.25) is 0 Å². The SMILES string of the molecule is COP(=O)(OC)OC(C)=CC(=O)OCc1ccccc1. The molecule has 1 aromatic rings. The lowest BCUT2D eigenvalue weighted by atomic mass is 10.2. The molecule has 0 unspecified atom stereocenters. The van der Waals surface area contributed by atoms with Gasteiger partial charge in [0.25, 0.3) is 0 Å². The van der Waals surface area contributed by atoms with Crippen LogP contribution >= 0.6 is 7.82 Å². The summed E-state index contributed by atoms with van der Waals surface area (Å²) in [6.45, 7) is 1.60. The molecule has 110 valence electrons. The van der Waals surface area contributed by atoms with E-state index in [1.165, 1.54) is 21.1 Å². The van der Waals surface area contributed by atoms with Crippen molar-refractivity contribution in [1.29, 1.82) is 0 Å². The zero-order valence-electron chi connectivity index (χ0n) is 11.6. The molecule has 0 radical (unpaired) electrons. The van der Waals surface area contributed by atoms with Crippen LogP contribution in [0.3, 0.4) is 0 Å². The number of ether oxygens (including phenoxy) is 1. The first-order chi connectivity index (χ1) is 9.49. The minimum absolute atomic E-state index is 0.0788. The van der Waals surface area contributed by atoms with Gasteiger partial charge in [-0.2, -0.15) is 0 Å². The van der Waals surface area contributed by atoms with Crippen LogP contribution < -0.4 is 0 Å². The molecular formula is C13H17O6P. The highest BCUT2D eigenvalue weighted by Crippen LogP contribution is 2.49. The van der Waals surface area contributed by atoms with Crippen LogP contribution in [0, 0.1) is 0 Å². The van der Waals surface area contributed by atoms with E-state index in [1.54, 1.807) is 0 Å². The molecule has 0 bridgehead atoms. The van der Waals surface area contributed by atoms with Crippen molar-refractivity contribution in [3.8, 4) is 0 Å². The van der Waals surface area contributed by atoms with Crippen molar-refractivity contribution in [2.75, 3.05) is 14.2 Å². The number of carbonyl (C=O) groups excluding carboxylic acids is 1. The van der Waals surface area contributed by atoms with E-state index < -0.39 is 13.8 Å². The number of esters is 1. The number of carbonyl (C=O) groups is 1. The number of phosphoric acid groups is 1. The zero-order chi connectivity index (χ0) is 15.0. The fourth-order valence-corrected chi connectivity index (χ4v) is 1.99. The summed E-state index contributed by atoms with van der Waals surface area (Å²) in [6, 6.07) is 9.24. The molecule has 0 aliphatic rings. The summed E-state index contributed by atoms with van der Waals surface area (Å²) < 4.78 is 30.8. The van der Waals surface area contributed by atoms with E-state index in [9.17, 15) is 9.36 Å². The molecule has 6 nitrogen and oxygen atoms in total. The molecule has 0 spiro atoms. The lowest BCUT2D eigenvalue weighted by Crippen LogP contribution is -2.03. The third-order valence-corrected chi connectivity index (χ3v) is 3.65. The molecule has 0 atom stereocenters. The highest BCUT2D eigenvalue weighted by Gasteiger charge is 2.24. The van der Waals surface area contributed by atoms with Gasteiger partial charge in [0.05, 0.1) is 6.08 Å². The minimum Gasteiger partial charge on any atom is -0.458 e. The predicted octanol–water partition coefficient (Wildman–Crippen LogP) is 3.05. The maximum Gasteiger partial charge on any atom is 0.529 e. The summed E-state index contributed by atoms with van der Waals surface area (Å²) in [5.74, 6) is -0.528. The van der Waals surface area contributed by atoms with Crippen molar-refractivity contribution >= 4 is 13.8 Å². The van der Waals surface area contributed by atoms with E-state index in [2.05, 4.69) is 9.05 Å². The van der Waals surface area contributed by atoms with Crippen molar-refractivity contribution in [3.63, 3.8) is 0 Å². The number of hydrogen-bond acceptors (Lipinski definition) is 6. The number of phosphoric ester groups is 1. The number of hydrogen-bond donors (Lipinski definition) is 0. The Kier molecular flexibility index (Phi) is 6.45. The second kappa shape index (κ2) is 7.85. The maximum absolute atomic E-state index is 11.7. The van der Waals surface area contributed by atoms with Crippen LogP contribution in [0.5, 0.6) is 0 Å². The fraction of sp³-hybridized carbons (Fsp3) is 0.308. The van der Waals surface area contributed by atoms with E-state index in [0.717, 1.165) is 11.6 Å². The monoisotopic (exact) mass is 300 g/mol. The van der Waals surface area contributed by atoms with Crippen LogP contribution in [-0.4, -0.2) is 20.2 Å². The molecule has 0 aliphatic heterocycles. The lowest BCUT2D eigenvalue weighted by Gasteiger charge is -2.14. The topological polar surface area (TPSA) is 71.1 Å². The fourth-order valence-electron chi connectivity index (χ4n) is 1.29. The molecule has 1 rings (SSSR count). The van der Waals surface area contributed by atoms with E-state index in [4.69, 9.17) is 9.26 Å². The smallest absolute Gasteiger partial charge is 0.458 e. The molecule has 20 heavy (non-hydrogen) atoms. The normalized spacial score (nSPS) is 12.1. The molecule has 1 aromatic carbocycles. The third kappa shape index (κ3) is 5.57. The van der Waals surface area contributed by atoms with Crippen molar-refractivity contribution in [2.24, 2.45) is 0 Å². The van der Waals surface area contributed by atoms with Gasteiger partial charge in [0.1, 0.15) is 12.4 Å². The van der Waals surface area contributed by atoms with Crippen LogP contribution in [0.2, 0.25) is 0 Å².